The number of aliphatic carboxylic acids is 8. The van der Waals surface area contributed by atoms with Crippen LogP contribution in [0.1, 0.15) is 55.4 Å². The number of thioether (sulfide) groups is 8. The van der Waals surface area contributed by atoms with Crippen molar-refractivity contribution in [2.75, 3.05) is 92.0 Å². The topological polar surface area (TPSA) is 792 Å². The van der Waals surface area contributed by atoms with Gasteiger partial charge in [-0.3, -0.25) is 0 Å². The first-order chi connectivity index (χ1) is 64.0. The maximum Gasteiger partial charge on any atom is 1.00 e. The van der Waals surface area contributed by atoms with Gasteiger partial charge in [0.15, 0.2) is 50.3 Å². The van der Waals surface area contributed by atoms with Crippen molar-refractivity contribution in [3.05, 3.63) is 0 Å². The van der Waals surface area contributed by atoms with E-state index < -0.39 is 387 Å². The van der Waals surface area contributed by atoms with Crippen molar-refractivity contribution in [1.82, 2.24) is 0 Å². The molecular weight excluding hydrogens is 2170 g/mol. The van der Waals surface area contributed by atoms with Gasteiger partial charge in [0, 0.05) is 187 Å². The summed E-state index contributed by atoms with van der Waals surface area (Å²) >= 11 is 6.62. The normalized spacial score (nSPS) is 39.4. The van der Waals surface area contributed by atoms with E-state index in [0.717, 1.165) is 94.1 Å². The largest absolute Gasteiger partial charge is 1.00 e. The van der Waals surface area contributed by atoms with Crippen LogP contribution in [0, 0.1) is 47.3 Å². The van der Waals surface area contributed by atoms with Crippen LogP contribution < -0.4 is 277 Å². The van der Waals surface area contributed by atoms with Crippen LogP contribution in [0.15, 0.2) is 0 Å². The van der Waals surface area contributed by atoms with Crippen LogP contribution in [0.2, 0.25) is 0 Å². The Labute approximate surface area is 1040 Å². The average molecular weight is 2290 g/mol. The number of rotatable bonds is 40. The van der Waals surface area contributed by atoms with Gasteiger partial charge in [0.25, 0.3) is 0 Å². The van der Waals surface area contributed by atoms with E-state index in [9.17, 15) is 161 Å². The Kier molecular flexibility index (Phi) is 72.3. The molecule has 48 nitrogen and oxygen atoms in total. The summed E-state index contributed by atoms with van der Waals surface area (Å²) in [7, 11) is 0. The molecule has 30 fully saturated rings. The molecule has 64 heteroatoms. The summed E-state index contributed by atoms with van der Waals surface area (Å²) in [6.07, 6.45) is -84.8. The van der Waals surface area contributed by atoms with E-state index in [1.54, 1.807) is 0 Å². The summed E-state index contributed by atoms with van der Waals surface area (Å²) < 4.78 is 101. The first-order valence-electron chi connectivity index (χ1n) is 43.7. The molecule has 30 saturated heterocycles. The quantitative estimate of drug-likeness (QED) is 0.0253. The van der Waals surface area contributed by atoms with Gasteiger partial charge in [-0.25, -0.2) is 0 Å². The maximum atomic E-state index is 12.4. The van der Waals surface area contributed by atoms with E-state index in [-0.39, 0.29) is 282 Å². The fraction of sp³-hybridized carbons (Fsp3) is 0.900. The monoisotopic (exact) mass is 2290 g/mol. The molecule has 0 saturated carbocycles. The molecule has 30 rings (SSSR count). The van der Waals surface area contributed by atoms with Crippen LogP contribution in [-0.4, -0.2) is 467 Å². The van der Waals surface area contributed by atoms with Crippen LogP contribution in [0.25, 0.3) is 0 Å². The average Bonchev–Trinajstić information content (AvgIpc) is 0.770. The van der Waals surface area contributed by atoms with E-state index in [2.05, 4.69) is 0 Å². The zero-order chi connectivity index (χ0) is 101. The summed E-state index contributed by atoms with van der Waals surface area (Å²) in [5, 5.41) is 294. The van der Waals surface area contributed by atoms with Crippen molar-refractivity contribution in [3.8, 4) is 0 Å². The Morgan fingerprint density at radius 2 is 0.257 bits per heavy atom. The molecule has 0 radical (unpaired) electrons. The van der Waals surface area contributed by atoms with E-state index >= 15 is 0 Å². The van der Waals surface area contributed by atoms with Gasteiger partial charge < -0.3 is 237 Å². The Morgan fingerprint density at radius 1 is 0.174 bits per heavy atom. The van der Waals surface area contributed by atoms with Crippen molar-refractivity contribution >= 4 is 142 Å². The third-order valence-electron chi connectivity index (χ3n) is 23.9. The predicted molar refractivity (Wildman–Crippen MR) is 456 cm³/mol. The molecule has 0 aromatic heterocycles. The minimum Gasteiger partial charge on any atom is -0.550 e. The molecule has 8 unspecified atom stereocenters. The van der Waals surface area contributed by atoms with E-state index in [0.29, 0.717) is 0 Å². The van der Waals surface area contributed by atoms with Gasteiger partial charge in [0.1, 0.15) is 146 Å². The second-order valence-corrected chi connectivity index (χ2v) is 43.7. The zero-order valence-corrected chi connectivity index (χ0v) is 105. The molecule has 0 aliphatic carbocycles. The van der Waals surface area contributed by atoms with Gasteiger partial charge in [0.2, 0.25) is 0 Å². The molecule has 16 N–H and O–H groups in total. The van der Waals surface area contributed by atoms with Crippen molar-refractivity contribution in [3.63, 3.8) is 0 Å². The van der Waals surface area contributed by atoms with Crippen molar-refractivity contribution < 1.29 is 473 Å². The molecule has 30 aliphatic rings. The maximum absolute atomic E-state index is 12.4. The molecule has 30 aliphatic heterocycles. The van der Waals surface area contributed by atoms with Crippen LogP contribution >= 0.6 is 94.1 Å². The standard InChI is InChI=1S/C80H128O48S8.8Na/c1-25(65(97)98)9-129-17-33-57-41(81)49(89)73(113-33)122-58-34(18-130-10-26(2)66(99)100)115-75(51(91)43(58)83)124-60-36(20-132-12-28(4)68(103)104)117-77(53(93)45(60)85)126-62-38(22-134-14-30(6)70(107)108)119-79(55(95)47(62)87)128-64-40(24-136-16-32(8)72(111)112)120-80(56(96)48(64)88)127-63-39(23-135-15-31(7)71(109)110)118-78(54(94)46(63)86)125-61-37(21-133-13-29(5)69(105)106)116-76(52(92)44(61)84)123-59-35(19-131-11-27(3)67(101)102)114-74(121-57)50(90)42(59)82;;;;;;;;/h25-64,73-96H,9-24H2,1-8H3,(H,97,98)(H,99,100)(H,101,102)(H,103,104)(H,105,106)(H,107,108)(H,109,110)(H,111,112);;;;;;;;/q;8*+1/p-8/t25?,26?,27?,28?,29?,30?,31?,32?,33-,34-,35-,36-,37-,38-,39-,40-,41-,42-,43-,44-,45-,46-,47-,48-,49-,50-,51-,52-,53-,54-,55-,56+,57-,58-,59-,60-,61-,62-,63-,64-,73-,74-,75-,76-,77-,78-,79-,80-;;;;;;;;/m0......../s1. The van der Waals surface area contributed by atoms with Gasteiger partial charge in [-0.2, -0.15) is 94.1 Å². The van der Waals surface area contributed by atoms with Crippen molar-refractivity contribution in [2.24, 2.45) is 47.3 Å². The molecule has 30 heterocycles. The molecule has 16 bridgehead atoms. The molecule has 0 aromatic carbocycles. The van der Waals surface area contributed by atoms with Crippen molar-refractivity contribution in [1.29, 1.82) is 0 Å². The molecule has 784 valence electrons. The minimum atomic E-state index is -2.38. The number of hydrogen-bond acceptors (Lipinski definition) is 56. The number of aliphatic hydroxyl groups is 16. The van der Waals surface area contributed by atoms with Crippen LogP contribution in [0.3, 0.4) is 0 Å². The predicted octanol–water partition coefficient (Wildman–Crippen LogP) is -40.4. The summed E-state index contributed by atoms with van der Waals surface area (Å²) in [5.41, 5.74) is 0. The first kappa shape index (κ1) is 147. The zero-order valence-electron chi connectivity index (χ0n) is 82.5. The van der Waals surface area contributed by atoms with E-state index in [4.69, 9.17) is 75.8 Å². The summed E-state index contributed by atoms with van der Waals surface area (Å²) in [6.45, 7) is 10.2. The Balaban J connectivity index is 0.0000130. The fourth-order valence-electron chi connectivity index (χ4n) is 15.2. The fourth-order valence-corrected chi connectivity index (χ4v) is 24.2. The summed E-state index contributed by atoms with van der Waals surface area (Å²) in [6, 6.07) is 0. The third kappa shape index (κ3) is 41.0. The smallest absolute Gasteiger partial charge is 0.550 e. The number of carbonyl (C=O) groups is 8. The summed E-state index contributed by atoms with van der Waals surface area (Å²) in [4.78, 5) is 96.6. The molecule has 48 atom stereocenters. The van der Waals surface area contributed by atoms with Gasteiger partial charge in [-0.1, -0.05) is 55.4 Å². The second-order valence-electron chi connectivity index (χ2n) is 35.1. The number of carbonyl (C=O) groups excluding carboxylic acids is 8. The summed E-state index contributed by atoms with van der Waals surface area (Å²) in [5.74, 6) is -27.4. The molecule has 0 amide bonds. The van der Waals surface area contributed by atoms with Gasteiger partial charge in [-0.05, 0) is 0 Å². The van der Waals surface area contributed by atoms with Crippen LogP contribution in [-0.2, 0) is 114 Å². The number of ether oxygens (including phenoxy) is 16. The molecule has 0 aromatic rings. The molecular formula is C80H120Na8O48S8. The number of carboxylic acid groups (broad SMARTS) is 8. The van der Waals surface area contributed by atoms with Gasteiger partial charge in [-0.15, -0.1) is 0 Å². The van der Waals surface area contributed by atoms with Gasteiger partial charge >= 0.3 is 236 Å². The SMILES string of the molecule is CC(CSC[C@@H]1O[C@H]2O[C@@H]3[C@@H](O)[C@H](O)[C@H](O[C@@H]4[C@@H](O)[C@H](O)[C@H](O[C@@H]5[C@@H](O)[C@H](O)[C@H](O[C@@H]6[C@@H](O)[C@@H](O)[C@H](O[C@@H]7[C@@H](O)[C@H](O)[C@H](O[C@@H]8[C@@H](O)[C@H](O)[C@H](O[C@@H]9[C@@H](O)[C@H](O)[C@H](O[C@@H]1[C@@H](O)[C@@H]2O)O[C@H]9CSCC(C)C(=O)[O-])O[C@H]8CSCC(C)C(=O)[O-])O[C@H]7CSCC(C)C(=O)[O-])O[C@H]6CSCC(C)C(=O)[O-])O[C@H]5CSCC(C)C(=O)[O-])O[C@H]4CSCC(C)C(=O)[O-])O[C@H]3CSCC(C)C(=O)[O-])C(=O)[O-].[Na+].[Na+].[Na+].[Na+].[Na+].[Na+].[Na+].[Na+]. The second kappa shape index (κ2) is 70.7. The Hall–Kier alpha value is 5.28. The van der Waals surface area contributed by atoms with Crippen LogP contribution in [0.5, 0.6) is 0 Å². The number of carboxylic acids is 8. The third-order valence-corrected chi connectivity index (χ3v) is 34.3. The first-order valence-corrected chi connectivity index (χ1v) is 52.9. The van der Waals surface area contributed by atoms with Gasteiger partial charge in [0.05, 0.1) is 48.8 Å². The Bertz CT molecular complexity index is 3130. The number of hydrogen-bond donors (Lipinski definition) is 16. The van der Waals surface area contributed by atoms with Crippen LogP contribution in [0.4, 0.5) is 0 Å². The molecule has 0 spiro atoms. The Morgan fingerprint density at radius 3 is 0.333 bits per heavy atom. The van der Waals surface area contributed by atoms with E-state index in [1.807, 2.05) is 0 Å². The van der Waals surface area contributed by atoms with E-state index in [1.165, 1.54) is 55.4 Å². The minimum absolute atomic E-state index is 0. The van der Waals surface area contributed by atoms with Crippen molar-refractivity contribution in [2.45, 2.75) is 301 Å². The molecule has 144 heavy (non-hydrogen) atoms. The number of aliphatic hydroxyl groups excluding tert-OH is 16.